The van der Waals surface area contributed by atoms with Gasteiger partial charge in [0.1, 0.15) is 17.1 Å². The first-order valence-corrected chi connectivity index (χ1v) is 8.80. The van der Waals surface area contributed by atoms with Crippen LogP contribution in [-0.4, -0.2) is 35.2 Å². The standard InChI is InChI=1S/C21H22N2O5/c1-12-10-18(14(3)23(12)16-6-8-17(26-5)9-7-16)19(24)11-27-21(25)20-13(2)22-28-15(20)4/h6-10H,11H2,1-5H3. The lowest BCUT2D eigenvalue weighted by molar-refractivity contribution is 0.0472. The van der Waals surface area contributed by atoms with Gasteiger partial charge in [0.25, 0.3) is 0 Å². The summed E-state index contributed by atoms with van der Waals surface area (Å²) in [6, 6.07) is 9.36. The third-order valence-electron chi connectivity index (χ3n) is 4.63. The molecule has 0 unspecified atom stereocenters. The summed E-state index contributed by atoms with van der Waals surface area (Å²) in [4.78, 5) is 24.9. The minimum atomic E-state index is -0.617. The van der Waals surface area contributed by atoms with Crippen molar-refractivity contribution in [3.63, 3.8) is 0 Å². The van der Waals surface area contributed by atoms with Gasteiger partial charge < -0.3 is 18.6 Å². The van der Waals surface area contributed by atoms with E-state index < -0.39 is 5.97 Å². The Bertz CT molecular complexity index is 1010. The summed E-state index contributed by atoms with van der Waals surface area (Å²) >= 11 is 0. The summed E-state index contributed by atoms with van der Waals surface area (Å²) in [5.41, 5.74) is 3.82. The molecule has 3 rings (SSSR count). The van der Waals surface area contributed by atoms with E-state index in [0.717, 1.165) is 22.8 Å². The maximum atomic E-state index is 12.7. The smallest absolute Gasteiger partial charge is 0.344 e. The Balaban J connectivity index is 1.78. The molecule has 0 radical (unpaired) electrons. The number of carbonyl (C=O) groups excluding carboxylic acids is 2. The largest absolute Gasteiger partial charge is 0.497 e. The van der Waals surface area contributed by atoms with Crippen molar-refractivity contribution in [1.82, 2.24) is 9.72 Å². The summed E-state index contributed by atoms with van der Waals surface area (Å²) in [5.74, 6) is 0.239. The normalized spacial score (nSPS) is 10.8. The van der Waals surface area contributed by atoms with Crippen LogP contribution in [0.4, 0.5) is 0 Å². The Morgan fingerprint density at radius 1 is 1.11 bits per heavy atom. The third kappa shape index (κ3) is 3.55. The quantitative estimate of drug-likeness (QED) is 0.477. The van der Waals surface area contributed by atoms with Crippen LogP contribution in [0.5, 0.6) is 5.75 Å². The van der Waals surface area contributed by atoms with E-state index in [-0.39, 0.29) is 18.0 Å². The van der Waals surface area contributed by atoms with E-state index in [4.69, 9.17) is 14.0 Å². The molecule has 2 aromatic heterocycles. The lowest BCUT2D eigenvalue weighted by Crippen LogP contribution is -2.16. The number of methoxy groups -OCH3 is 1. The molecule has 0 N–H and O–H groups in total. The Morgan fingerprint density at radius 3 is 2.36 bits per heavy atom. The van der Waals surface area contributed by atoms with Crippen molar-refractivity contribution in [2.45, 2.75) is 27.7 Å². The van der Waals surface area contributed by atoms with Crippen LogP contribution in [-0.2, 0) is 4.74 Å². The number of nitrogens with zero attached hydrogens (tertiary/aromatic N) is 2. The van der Waals surface area contributed by atoms with Gasteiger partial charge in [0.15, 0.2) is 6.61 Å². The minimum absolute atomic E-state index is 0.261. The number of ether oxygens (including phenoxy) is 2. The summed E-state index contributed by atoms with van der Waals surface area (Å²) in [6.45, 7) is 6.71. The van der Waals surface area contributed by atoms with Crippen LogP contribution in [0, 0.1) is 27.7 Å². The van der Waals surface area contributed by atoms with Crippen LogP contribution >= 0.6 is 0 Å². The van der Waals surface area contributed by atoms with Crippen molar-refractivity contribution in [2.24, 2.45) is 0 Å². The average Bonchev–Trinajstić information content (AvgIpc) is 3.17. The van der Waals surface area contributed by atoms with E-state index in [2.05, 4.69) is 5.16 Å². The van der Waals surface area contributed by atoms with Crippen molar-refractivity contribution < 1.29 is 23.6 Å². The zero-order valence-corrected chi connectivity index (χ0v) is 16.5. The van der Waals surface area contributed by atoms with Gasteiger partial charge in [0, 0.05) is 22.6 Å². The summed E-state index contributed by atoms with van der Waals surface area (Å²) < 4.78 is 17.3. The number of hydrogen-bond acceptors (Lipinski definition) is 6. The number of ketones is 1. The topological polar surface area (TPSA) is 83.6 Å². The fourth-order valence-electron chi connectivity index (χ4n) is 3.23. The molecule has 0 aliphatic carbocycles. The van der Waals surface area contributed by atoms with E-state index in [0.29, 0.717) is 17.0 Å². The van der Waals surface area contributed by atoms with Crippen molar-refractivity contribution in [1.29, 1.82) is 0 Å². The number of aryl methyl sites for hydroxylation is 3. The van der Waals surface area contributed by atoms with Gasteiger partial charge in [-0.3, -0.25) is 4.79 Å². The van der Waals surface area contributed by atoms with Crippen LogP contribution < -0.4 is 4.74 Å². The van der Waals surface area contributed by atoms with E-state index >= 15 is 0 Å². The molecule has 28 heavy (non-hydrogen) atoms. The van der Waals surface area contributed by atoms with Gasteiger partial charge in [0.05, 0.1) is 12.8 Å². The number of Topliss-reactive ketones (excluding diaryl/α,β-unsaturated/α-hetero) is 1. The second kappa shape index (κ2) is 7.72. The highest BCUT2D eigenvalue weighted by Crippen LogP contribution is 2.23. The first-order chi connectivity index (χ1) is 13.3. The molecule has 2 heterocycles. The number of carbonyl (C=O) groups is 2. The lowest BCUT2D eigenvalue weighted by Gasteiger charge is -2.11. The zero-order chi connectivity index (χ0) is 20.4. The molecule has 0 amide bonds. The molecule has 0 atom stereocenters. The second-order valence-corrected chi connectivity index (χ2v) is 6.52. The van der Waals surface area contributed by atoms with Gasteiger partial charge in [0.2, 0.25) is 5.78 Å². The first kappa shape index (κ1) is 19.4. The van der Waals surface area contributed by atoms with Gasteiger partial charge in [-0.05, 0) is 58.0 Å². The predicted octanol–water partition coefficient (Wildman–Crippen LogP) is 3.75. The number of hydrogen-bond donors (Lipinski definition) is 0. The SMILES string of the molecule is COc1ccc(-n2c(C)cc(C(=O)COC(=O)c3c(C)noc3C)c2C)cc1. The maximum absolute atomic E-state index is 12.7. The van der Waals surface area contributed by atoms with Crippen molar-refractivity contribution in [2.75, 3.05) is 13.7 Å². The molecule has 0 bridgehead atoms. The second-order valence-electron chi connectivity index (χ2n) is 6.52. The molecular weight excluding hydrogens is 360 g/mol. The van der Waals surface area contributed by atoms with Gasteiger partial charge in [-0.1, -0.05) is 5.16 Å². The Labute approximate surface area is 162 Å². The summed E-state index contributed by atoms with van der Waals surface area (Å²) in [5, 5.41) is 3.72. The highest BCUT2D eigenvalue weighted by Gasteiger charge is 2.22. The van der Waals surface area contributed by atoms with Gasteiger partial charge in [-0.2, -0.15) is 0 Å². The number of esters is 1. The van der Waals surface area contributed by atoms with Crippen LogP contribution in [0.25, 0.3) is 5.69 Å². The Kier molecular flexibility index (Phi) is 5.35. The van der Waals surface area contributed by atoms with Crippen LogP contribution in [0.1, 0.15) is 43.6 Å². The molecule has 3 aromatic rings. The highest BCUT2D eigenvalue weighted by atomic mass is 16.5. The van der Waals surface area contributed by atoms with E-state index in [1.807, 2.05) is 42.7 Å². The molecule has 0 saturated heterocycles. The number of aromatic nitrogens is 2. The van der Waals surface area contributed by atoms with Crippen LogP contribution in [0.2, 0.25) is 0 Å². The molecule has 0 aliphatic rings. The maximum Gasteiger partial charge on any atom is 0.344 e. The first-order valence-electron chi connectivity index (χ1n) is 8.80. The molecule has 0 saturated carbocycles. The van der Waals surface area contributed by atoms with Gasteiger partial charge in [-0.25, -0.2) is 4.79 Å². The molecule has 7 nitrogen and oxygen atoms in total. The van der Waals surface area contributed by atoms with Crippen molar-refractivity contribution >= 4 is 11.8 Å². The highest BCUT2D eigenvalue weighted by molar-refractivity contribution is 6.01. The molecular formula is C21H22N2O5. The van der Waals surface area contributed by atoms with Gasteiger partial charge >= 0.3 is 5.97 Å². The van der Waals surface area contributed by atoms with E-state index in [1.54, 1.807) is 27.0 Å². The molecule has 1 aromatic carbocycles. The fraction of sp³-hybridized carbons (Fsp3) is 0.286. The van der Waals surface area contributed by atoms with Crippen molar-refractivity contribution in [3.8, 4) is 11.4 Å². The van der Waals surface area contributed by atoms with E-state index in [9.17, 15) is 9.59 Å². The zero-order valence-electron chi connectivity index (χ0n) is 16.5. The summed E-state index contributed by atoms with van der Waals surface area (Å²) in [7, 11) is 1.61. The van der Waals surface area contributed by atoms with Crippen molar-refractivity contribution in [3.05, 3.63) is 64.3 Å². The van der Waals surface area contributed by atoms with Gasteiger partial charge in [-0.15, -0.1) is 0 Å². The average molecular weight is 382 g/mol. The molecule has 0 spiro atoms. The van der Waals surface area contributed by atoms with Crippen LogP contribution in [0.15, 0.2) is 34.9 Å². The third-order valence-corrected chi connectivity index (χ3v) is 4.63. The molecule has 0 fully saturated rings. The van der Waals surface area contributed by atoms with Crippen LogP contribution in [0.3, 0.4) is 0 Å². The predicted molar refractivity (Wildman–Crippen MR) is 102 cm³/mol. The summed E-state index contributed by atoms with van der Waals surface area (Å²) in [6.07, 6.45) is 0. The Morgan fingerprint density at radius 2 is 1.79 bits per heavy atom. The Hall–Kier alpha value is -3.35. The van der Waals surface area contributed by atoms with E-state index in [1.165, 1.54) is 0 Å². The number of rotatable bonds is 6. The molecule has 0 aliphatic heterocycles. The lowest BCUT2D eigenvalue weighted by atomic mass is 10.1. The number of benzene rings is 1. The molecule has 7 heteroatoms. The monoisotopic (exact) mass is 382 g/mol. The minimum Gasteiger partial charge on any atom is -0.497 e. The molecule has 146 valence electrons. The fourth-order valence-corrected chi connectivity index (χ4v) is 3.23.